The van der Waals surface area contributed by atoms with Crippen LogP contribution < -0.4 is 14.8 Å². The highest BCUT2D eigenvalue weighted by atomic mass is 32.2. The predicted molar refractivity (Wildman–Crippen MR) is 127 cm³/mol. The highest BCUT2D eigenvalue weighted by Crippen LogP contribution is 2.23. The van der Waals surface area contributed by atoms with Gasteiger partial charge < -0.3 is 10.1 Å². The molecule has 0 spiro atoms. The van der Waals surface area contributed by atoms with Gasteiger partial charge in [-0.3, -0.25) is 9.52 Å². The number of nitrogens with one attached hydrogen (secondary N) is 2. The quantitative estimate of drug-likeness (QED) is 0.504. The van der Waals surface area contributed by atoms with Crippen LogP contribution in [0.25, 0.3) is 0 Å². The molecule has 0 aromatic heterocycles. The van der Waals surface area contributed by atoms with E-state index in [2.05, 4.69) is 10.0 Å². The van der Waals surface area contributed by atoms with Crippen molar-refractivity contribution < 1.29 is 17.9 Å². The summed E-state index contributed by atoms with van der Waals surface area (Å²) in [5.41, 5.74) is 3.17. The maximum absolute atomic E-state index is 13.0. The Morgan fingerprint density at radius 3 is 2.38 bits per heavy atom. The topological polar surface area (TPSA) is 84.5 Å². The fourth-order valence-corrected chi connectivity index (χ4v) is 4.65. The van der Waals surface area contributed by atoms with E-state index in [4.69, 9.17) is 4.74 Å². The van der Waals surface area contributed by atoms with Crippen molar-refractivity contribution in [2.45, 2.75) is 38.6 Å². The van der Waals surface area contributed by atoms with Crippen LogP contribution in [0.1, 0.15) is 46.9 Å². The third-order valence-electron chi connectivity index (χ3n) is 5.05. The number of hydrogen-bond acceptors (Lipinski definition) is 4. The van der Waals surface area contributed by atoms with Crippen LogP contribution >= 0.6 is 0 Å². The molecule has 2 N–H and O–H groups in total. The molecule has 3 rings (SSSR count). The second-order valence-electron chi connectivity index (χ2n) is 7.65. The summed E-state index contributed by atoms with van der Waals surface area (Å²) in [6.07, 6.45) is 0. The molecule has 32 heavy (non-hydrogen) atoms. The van der Waals surface area contributed by atoms with E-state index in [1.165, 1.54) is 6.07 Å². The molecule has 1 atom stereocenters. The summed E-state index contributed by atoms with van der Waals surface area (Å²) in [5.74, 6) is 0.419. The summed E-state index contributed by atoms with van der Waals surface area (Å²) in [6.45, 7) is 7.97. The molecule has 6 nitrogen and oxygen atoms in total. The number of benzene rings is 3. The first-order valence-electron chi connectivity index (χ1n) is 10.4. The average Bonchev–Trinajstić information content (AvgIpc) is 2.74. The molecule has 0 radical (unpaired) electrons. The summed E-state index contributed by atoms with van der Waals surface area (Å²) in [7, 11) is -3.85. The van der Waals surface area contributed by atoms with Gasteiger partial charge in [0.1, 0.15) is 5.75 Å². The maximum Gasteiger partial charge on any atom is 0.262 e. The molecule has 0 aliphatic rings. The van der Waals surface area contributed by atoms with Gasteiger partial charge >= 0.3 is 0 Å². The third kappa shape index (κ3) is 5.68. The van der Waals surface area contributed by atoms with Crippen molar-refractivity contribution in [2.75, 3.05) is 11.3 Å². The van der Waals surface area contributed by atoms with Gasteiger partial charge in [0, 0.05) is 11.3 Å². The van der Waals surface area contributed by atoms with Crippen LogP contribution in [0.4, 0.5) is 5.69 Å². The largest absolute Gasteiger partial charge is 0.494 e. The molecule has 0 aliphatic heterocycles. The molecule has 0 saturated heterocycles. The van der Waals surface area contributed by atoms with Gasteiger partial charge in [-0.15, -0.1) is 0 Å². The minimum Gasteiger partial charge on any atom is -0.494 e. The van der Waals surface area contributed by atoms with E-state index in [-0.39, 0.29) is 22.4 Å². The first kappa shape index (κ1) is 23.3. The van der Waals surface area contributed by atoms with Gasteiger partial charge in [-0.2, -0.15) is 0 Å². The van der Waals surface area contributed by atoms with Crippen LogP contribution in [0.3, 0.4) is 0 Å². The van der Waals surface area contributed by atoms with Crippen molar-refractivity contribution in [3.8, 4) is 5.75 Å². The maximum atomic E-state index is 13.0. The van der Waals surface area contributed by atoms with E-state index < -0.39 is 10.0 Å². The van der Waals surface area contributed by atoms with Crippen molar-refractivity contribution in [1.82, 2.24) is 5.32 Å². The zero-order valence-electron chi connectivity index (χ0n) is 18.7. The lowest BCUT2D eigenvalue weighted by atomic mass is 10.1. The Labute approximate surface area is 189 Å². The van der Waals surface area contributed by atoms with Gasteiger partial charge in [0.2, 0.25) is 0 Å². The fourth-order valence-electron chi connectivity index (χ4n) is 3.33. The summed E-state index contributed by atoms with van der Waals surface area (Å²) in [6, 6.07) is 19.0. The zero-order chi connectivity index (χ0) is 23.3. The van der Waals surface area contributed by atoms with Gasteiger partial charge in [-0.1, -0.05) is 30.3 Å². The van der Waals surface area contributed by atoms with E-state index >= 15 is 0 Å². The van der Waals surface area contributed by atoms with Crippen molar-refractivity contribution in [3.63, 3.8) is 0 Å². The van der Waals surface area contributed by atoms with E-state index in [0.29, 0.717) is 17.9 Å². The Morgan fingerprint density at radius 2 is 1.72 bits per heavy atom. The van der Waals surface area contributed by atoms with E-state index in [9.17, 15) is 13.2 Å². The minimum absolute atomic E-state index is 0.0698. The molecule has 0 aliphatic carbocycles. The molecule has 1 amide bonds. The first-order chi connectivity index (χ1) is 15.2. The average molecular weight is 453 g/mol. The summed E-state index contributed by atoms with van der Waals surface area (Å²) < 4.78 is 34.0. The van der Waals surface area contributed by atoms with E-state index in [0.717, 1.165) is 16.9 Å². The zero-order valence-corrected chi connectivity index (χ0v) is 19.5. The number of sulfonamides is 1. The van der Waals surface area contributed by atoms with Crippen molar-refractivity contribution in [1.29, 1.82) is 0 Å². The van der Waals surface area contributed by atoms with Gasteiger partial charge in [0.15, 0.2) is 0 Å². The highest BCUT2D eigenvalue weighted by molar-refractivity contribution is 7.92. The van der Waals surface area contributed by atoms with Crippen LogP contribution in [-0.4, -0.2) is 20.9 Å². The van der Waals surface area contributed by atoms with Crippen LogP contribution in [-0.2, 0) is 10.0 Å². The number of amides is 1. The smallest absolute Gasteiger partial charge is 0.262 e. The van der Waals surface area contributed by atoms with Crippen LogP contribution in [0.15, 0.2) is 71.6 Å². The Bertz CT molecular complexity index is 1200. The number of carbonyl (C=O) groups is 1. The molecule has 3 aromatic rings. The summed E-state index contributed by atoms with van der Waals surface area (Å²) in [5, 5.41) is 2.92. The molecule has 0 saturated carbocycles. The SMILES string of the molecule is CCOc1ccc([C@@H](C)NC(=O)c2ccc(C)c(S(=O)(=O)Nc3cccc(C)c3)c2)cc1. The molecule has 0 heterocycles. The van der Waals surface area contributed by atoms with Crippen molar-refractivity contribution >= 4 is 21.6 Å². The lowest BCUT2D eigenvalue weighted by molar-refractivity contribution is 0.0939. The third-order valence-corrected chi connectivity index (χ3v) is 6.57. The van der Waals surface area contributed by atoms with Gasteiger partial charge in [0.05, 0.1) is 17.5 Å². The van der Waals surface area contributed by atoms with Crippen LogP contribution in [0.2, 0.25) is 0 Å². The van der Waals surface area contributed by atoms with Gasteiger partial charge in [0.25, 0.3) is 15.9 Å². The number of aryl methyl sites for hydroxylation is 2. The molecule has 0 fully saturated rings. The van der Waals surface area contributed by atoms with Crippen LogP contribution in [0.5, 0.6) is 5.75 Å². The van der Waals surface area contributed by atoms with Gasteiger partial charge in [-0.05, 0) is 80.8 Å². The number of carbonyl (C=O) groups excluding carboxylic acids is 1. The number of rotatable bonds is 8. The normalized spacial score (nSPS) is 12.1. The molecule has 7 heteroatoms. The molecule has 168 valence electrons. The Hall–Kier alpha value is -3.32. The monoisotopic (exact) mass is 452 g/mol. The number of anilines is 1. The number of hydrogen-bond donors (Lipinski definition) is 2. The Balaban J connectivity index is 1.78. The summed E-state index contributed by atoms with van der Waals surface area (Å²) in [4.78, 5) is 12.9. The molecular weight excluding hydrogens is 424 g/mol. The lowest BCUT2D eigenvalue weighted by Crippen LogP contribution is -2.27. The fraction of sp³-hybridized carbons (Fsp3) is 0.240. The van der Waals surface area contributed by atoms with E-state index in [1.807, 2.05) is 51.1 Å². The first-order valence-corrected chi connectivity index (χ1v) is 11.9. The highest BCUT2D eigenvalue weighted by Gasteiger charge is 2.20. The van der Waals surface area contributed by atoms with Crippen LogP contribution in [0, 0.1) is 13.8 Å². The van der Waals surface area contributed by atoms with E-state index in [1.54, 1.807) is 37.3 Å². The summed E-state index contributed by atoms with van der Waals surface area (Å²) >= 11 is 0. The van der Waals surface area contributed by atoms with Gasteiger partial charge in [-0.25, -0.2) is 8.42 Å². The minimum atomic E-state index is -3.85. The Kier molecular flexibility index (Phi) is 7.20. The molecule has 3 aromatic carbocycles. The standard InChI is InChI=1S/C25H28N2O4S/c1-5-31-23-13-11-20(12-14-23)19(4)26-25(28)21-10-9-18(3)24(16-21)32(29,30)27-22-8-6-7-17(2)15-22/h6-16,19,27H,5H2,1-4H3,(H,26,28)/t19-/m1/s1. The second-order valence-corrected chi connectivity index (χ2v) is 9.30. The molecular formula is C25H28N2O4S. The van der Waals surface area contributed by atoms with Crippen molar-refractivity contribution in [3.05, 3.63) is 89.0 Å². The Morgan fingerprint density at radius 1 is 1.00 bits per heavy atom. The molecule has 0 bridgehead atoms. The number of ether oxygens (including phenoxy) is 1. The van der Waals surface area contributed by atoms with Crippen molar-refractivity contribution in [2.24, 2.45) is 0 Å². The lowest BCUT2D eigenvalue weighted by Gasteiger charge is -2.16. The predicted octanol–water partition coefficient (Wildman–Crippen LogP) is 4.99. The second kappa shape index (κ2) is 9.87. The molecule has 0 unspecified atom stereocenters.